The zero-order chi connectivity index (χ0) is 31.6. The number of carbonyl (C=O) groups excluding carboxylic acids is 1. The van der Waals surface area contributed by atoms with Gasteiger partial charge in [0.2, 0.25) is 0 Å². The van der Waals surface area contributed by atoms with Gasteiger partial charge in [0.1, 0.15) is 18.1 Å². The van der Waals surface area contributed by atoms with Crippen LogP contribution >= 0.6 is 11.8 Å². The Morgan fingerprint density at radius 3 is 2.47 bits per heavy atom. The number of ether oxygens (including phenoxy) is 1. The molecule has 1 fully saturated rings. The van der Waals surface area contributed by atoms with Crippen LogP contribution in [0.25, 0.3) is 10.9 Å². The van der Waals surface area contributed by atoms with Crippen molar-refractivity contribution >= 4 is 39.8 Å². The molecule has 6 nitrogen and oxygen atoms in total. The highest BCUT2D eigenvalue weighted by Gasteiger charge is 2.30. The number of methoxy groups -OCH3 is 1. The molecular formula is C33H43F3N4O2S. The molecule has 43 heavy (non-hydrogen) atoms. The van der Waals surface area contributed by atoms with Crippen molar-refractivity contribution in [3.05, 3.63) is 48.2 Å². The molecule has 2 aromatic carbocycles. The second-order valence-corrected chi connectivity index (χ2v) is 11.4. The number of benzene rings is 2. The average Bonchev–Trinajstić information content (AvgIpc) is 3.33. The van der Waals surface area contributed by atoms with Crippen molar-refractivity contribution in [2.24, 2.45) is 5.92 Å². The lowest BCUT2D eigenvalue weighted by atomic mass is 10.0. The summed E-state index contributed by atoms with van der Waals surface area (Å²) in [6.07, 6.45) is -0.707. The molecule has 0 spiro atoms. The summed E-state index contributed by atoms with van der Waals surface area (Å²) in [6, 6.07) is 13.1. The molecule has 10 heteroatoms. The van der Waals surface area contributed by atoms with Crippen LogP contribution in [0, 0.1) is 17.8 Å². The summed E-state index contributed by atoms with van der Waals surface area (Å²) in [5.74, 6) is 6.88. The van der Waals surface area contributed by atoms with Crippen LogP contribution in [0.1, 0.15) is 46.2 Å². The van der Waals surface area contributed by atoms with Crippen molar-refractivity contribution in [3.63, 3.8) is 0 Å². The van der Waals surface area contributed by atoms with Crippen molar-refractivity contribution in [1.82, 2.24) is 9.47 Å². The van der Waals surface area contributed by atoms with E-state index in [0.717, 1.165) is 42.2 Å². The molecule has 4 rings (SSSR count). The number of aromatic nitrogens is 1. The Morgan fingerprint density at radius 1 is 1.12 bits per heavy atom. The molecule has 2 N–H and O–H groups in total. The number of anilines is 2. The molecule has 0 radical (unpaired) electrons. The number of alkyl halides is 3. The Bertz CT molecular complexity index is 1420. The van der Waals surface area contributed by atoms with Gasteiger partial charge >= 0.3 is 6.18 Å². The molecule has 0 atom stereocenters. The molecular weight excluding hydrogens is 573 g/mol. The average molecular weight is 617 g/mol. The third-order valence-electron chi connectivity index (χ3n) is 7.25. The minimum absolute atomic E-state index is 0.0200. The van der Waals surface area contributed by atoms with Gasteiger partial charge in [-0.25, -0.2) is 0 Å². The number of nitrogens with zero attached hydrogens (tertiary/aromatic N) is 2. The van der Waals surface area contributed by atoms with Gasteiger partial charge in [-0.2, -0.15) is 13.2 Å². The van der Waals surface area contributed by atoms with E-state index in [2.05, 4.69) is 27.4 Å². The molecule has 3 aromatic rings. The number of nitrogens with one attached hydrogen (secondary N) is 2. The number of hydrogen-bond donors (Lipinski definition) is 2. The van der Waals surface area contributed by atoms with Crippen molar-refractivity contribution in [2.45, 2.75) is 64.2 Å². The van der Waals surface area contributed by atoms with E-state index in [9.17, 15) is 18.0 Å². The Balaban J connectivity index is 0.00000248. The fourth-order valence-corrected chi connectivity index (χ4v) is 5.37. The first kappa shape index (κ1) is 34.2. The standard InChI is InChI=1S/C31H37F3N4O2S.C2H6/c1-21(2)29(39)19-37-15-12-22(13-16-37)36-26-8-5-9-28-25(26)17-23(38(28)20-31(32,33)34)7-6-14-35-27-11-10-24(41-4)18-30(27)40-3;1-2/h5,8-11,17-18,21-22,35-36H,12-16,19-20H2,1-4H3;1-2H3. The maximum absolute atomic E-state index is 13.6. The van der Waals surface area contributed by atoms with Gasteiger partial charge in [-0.1, -0.05) is 39.7 Å². The highest BCUT2D eigenvalue weighted by Crippen LogP contribution is 2.32. The van der Waals surface area contributed by atoms with Crippen molar-refractivity contribution in [1.29, 1.82) is 0 Å². The summed E-state index contributed by atoms with van der Waals surface area (Å²) in [7, 11) is 1.59. The van der Waals surface area contributed by atoms with Gasteiger partial charge in [0.25, 0.3) is 0 Å². The maximum atomic E-state index is 13.6. The molecule has 1 aliphatic heterocycles. The van der Waals surface area contributed by atoms with Crippen LogP contribution in [0.3, 0.4) is 0 Å². The second kappa shape index (κ2) is 16.0. The lowest BCUT2D eigenvalue weighted by Crippen LogP contribution is -2.42. The number of carbonyl (C=O) groups is 1. The number of hydrogen-bond acceptors (Lipinski definition) is 6. The second-order valence-electron chi connectivity index (χ2n) is 10.5. The highest BCUT2D eigenvalue weighted by atomic mass is 32.2. The summed E-state index contributed by atoms with van der Waals surface area (Å²) in [5, 5.41) is 7.46. The van der Waals surface area contributed by atoms with Gasteiger partial charge in [-0.3, -0.25) is 9.69 Å². The van der Waals surface area contributed by atoms with E-state index >= 15 is 0 Å². The number of halogens is 3. The zero-order valence-corrected chi connectivity index (χ0v) is 26.7. The van der Waals surface area contributed by atoms with Gasteiger partial charge in [0.15, 0.2) is 0 Å². The van der Waals surface area contributed by atoms with Crippen LogP contribution < -0.4 is 15.4 Å². The van der Waals surface area contributed by atoms with E-state index in [1.807, 2.05) is 58.2 Å². The van der Waals surface area contributed by atoms with E-state index in [4.69, 9.17) is 4.74 Å². The Kier molecular flexibility index (Phi) is 12.7. The Labute approximate surface area is 257 Å². The molecule has 0 bridgehead atoms. The quantitative estimate of drug-likeness (QED) is 0.182. The Morgan fingerprint density at radius 2 is 1.84 bits per heavy atom. The molecule has 0 amide bonds. The monoisotopic (exact) mass is 616 g/mol. The van der Waals surface area contributed by atoms with Crippen LogP contribution in [0.2, 0.25) is 0 Å². The van der Waals surface area contributed by atoms with Crippen LogP contribution in [0.5, 0.6) is 5.75 Å². The minimum Gasteiger partial charge on any atom is -0.495 e. The summed E-state index contributed by atoms with van der Waals surface area (Å²) in [5.41, 5.74) is 2.35. The first-order chi connectivity index (χ1) is 20.6. The van der Waals surface area contributed by atoms with Gasteiger partial charge in [0, 0.05) is 41.0 Å². The first-order valence-electron chi connectivity index (χ1n) is 14.7. The minimum atomic E-state index is -4.39. The Hall–Kier alpha value is -3.29. The number of fused-ring (bicyclic) bond motifs is 1. The van der Waals surface area contributed by atoms with Gasteiger partial charge in [-0.05, 0) is 61.4 Å². The molecule has 234 valence electrons. The number of likely N-dealkylation sites (tertiary alicyclic amines) is 1. The normalized spacial score (nSPS) is 14.1. The van der Waals surface area contributed by atoms with Crippen LogP contribution in [-0.2, 0) is 11.3 Å². The van der Waals surface area contributed by atoms with E-state index in [1.165, 1.54) is 4.57 Å². The molecule has 0 unspecified atom stereocenters. The number of ketones is 1. The van der Waals surface area contributed by atoms with Crippen LogP contribution in [0.15, 0.2) is 47.4 Å². The molecule has 1 saturated heterocycles. The summed E-state index contributed by atoms with van der Waals surface area (Å²) in [6.45, 7) is 9.02. The molecule has 1 aliphatic rings. The van der Waals surface area contributed by atoms with E-state index in [0.29, 0.717) is 28.9 Å². The lowest BCUT2D eigenvalue weighted by Gasteiger charge is -2.32. The van der Waals surface area contributed by atoms with E-state index in [-0.39, 0.29) is 24.3 Å². The van der Waals surface area contributed by atoms with Crippen LogP contribution in [0.4, 0.5) is 24.5 Å². The maximum Gasteiger partial charge on any atom is 0.406 e. The fraction of sp³-hybridized carbons (Fsp3) is 0.485. The summed E-state index contributed by atoms with van der Waals surface area (Å²) < 4.78 is 47.5. The molecule has 0 saturated carbocycles. The van der Waals surface area contributed by atoms with Gasteiger partial charge in [-0.15, -0.1) is 11.8 Å². The lowest BCUT2D eigenvalue weighted by molar-refractivity contribution is -0.140. The third-order valence-corrected chi connectivity index (χ3v) is 7.97. The van der Waals surface area contributed by atoms with Crippen molar-refractivity contribution in [3.8, 4) is 17.6 Å². The van der Waals surface area contributed by atoms with Crippen LogP contribution in [-0.4, -0.2) is 67.0 Å². The SMILES string of the molecule is CC.COc1cc(SC)ccc1NCC#Cc1cc2c(NC3CCN(CC(=O)C(C)C)CC3)cccc2n1CC(F)(F)F. The van der Waals surface area contributed by atoms with Crippen molar-refractivity contribution in [2.75, 3.05) is 50.2 Å². The fourth-order valence-electron chi connectivity index (χ4n) is 4.94. The third kappa shape index (κ3) is 9.60. The smallest absolute Gasteiger partial charge is 0.406 e. The number of piperidine rings is 1. The number of Topliss-reactive ketones (excluding diaryl/α,β-unsaturated/α-hetero) is 1. The summed E-state index contributed by atoms with van der Waals surface area (Å²) in [4.78, 5) is 15.4. The zero-order valence-electron chi connectivity index (χ0n) is 25.9. The van der Waals surface area contributed by atoms with Gasteiger partial charge < -0.3 is 19.9 Å². The number of thioether (sulfide) groups is 1. The predicted molar refractivity (Wildman–Crippen MR) is 172 cm³/mol. The molecule has 0 aliphatic carbocycles. The van der Waals surface area contributed by atoms with E-state index in [1.54, 1.807) is 37.1 Å². The van der Waals surface area contributed by atoms with E-state index < -0.39 is 12.7 Å². The predicted octanol–water partition coefficient (Wildman–Crippen LogP) is 7.53. The topological polar surface area (TPSA) is 58.5 Å². The molecule has 2 heterocycles. The molecule has 1 aromatic heterocycles. The van der Waals surface area contributed by atoms with Gasteiger partial charge in [0.05, 0.1) is 37.1 Å². The summed E-state index contributed by atoms with van der Waals surface area (Å²) >= 11 is 1.61. The largest absolute Gasteiger partial charge is 0.495 e. The number of rotatable bonds is 10. The first-order valence-corrected chi connectivity index (χ1v) is 16.0. The van der Waals surface area contributed by atoms with Crippen molar-refractivity contribution < 1.29 is 22.7 Å². The highest BCUT2D eigenvalue weighted by molar-refractivity contribution is 7.98.